The van der Waals surface area contributed by atoms with Crippen molar-refractivity contribution < 1.29 is 4.79 Å². The first-order valence-electron chi connectivity index (χ1n) is 5.70. The summed E-state index contributed by atoms with van der Waals surface area (Å²) in [6.07, 6.45) is 0. The number of nitrogens with zero attached hydrogens (tertiary/aromatic N) is 1. The highest BCUT2D eigenvalue weighted by Gasteiger charge is 2.28. The third-order valence-electron chi connectivity index (χ3n) is 2.58. The van der Waals surface area contributed by atoms with E-state index in [2.05, 4.69) is 10.3 Å². The Morgan fingerprint density at radius 3 is 2.32 bits per heavy atom. The van der Waals surface area contributed by atoms with E-state index in [-0.39, 0.29) is 42.2 Å². The lowest BCUT2D eigenvalue weighted by Gasteiger charge is -2.27. The molecule has 0 radical (unpaired) electrons. The number of nitrogens with one attached hydrogen (secondary N) is 1. The summed E-state index contributed by atoms with van der Waals surface area (Å²) in [5.74, 6) is -0.127. The van der Waals surface area contributed by atoms with E-state index in [1.165, 1.54) is 0 Å². The zero-order chi connectivity index (χ0) is 13.2. The van der Waals surface area contributed by atoms with E-state index in [0.717, 1.165) is 10.7 Å². The maximum Gasteiger partial charge on any atom is 0.238 e. The normalized spacial score (nSPS) is 13.8. The molecule has 3 N–H and O–H groups in total. The van der Waals surface area contributed by atoms with Gasteiger partial charge in [0.1, 0.15) is 5.01 Å². The molecule has 19 heavy (non-hydrogen) atoms. The van der Waals surface area contributed by atoms with Crippen molar-refractivity contribution in [1.29, 1.82) is 0 Å². The van der Waals surface area contributed by atoms with Crippen LogP contribution in [-0.2, 0) is 4.79 Å². The highest BCUT2D eigenvalue weighted by molar-refractivity contribution is 7.09. The summed E-state index contributed by atoms with van der Waals surface area (Å²) in [5, 5.41) is 5.79. The minimum absolute atomic E-state index is 0. The molecule has 4 nitrogen and oxygen atoms in total. The van der Waals surface area contributed by atoms with Crippen LogP contribution in [0.25, 0.3) is 0 Å². The first-order chi connectivity index (χ1) is 7.71. The molecule has 0 aliphatic rings. The molecule has 1 unspecified atom stereocenters. The molecule has 1 aromatic heterocycles. The molecule has 112 valence electrons. The lowest BCUT2D eigenvalue weighted by atomic mass is 9.87. The molecule has 1 amide bonds. The van der Waals surface area contributed by atoms with Crippen LogP contribution in [0.1, 0.15) is 44.4 Å². The molecule has 0 fully saturated rings. The lowest BCUT2D eigenvalue weighted by molar-refractivity contribution is -0.125. The molecule has 1 rings (SSSR count). The molecule has 0 saturated heterocycles. The molecule has 0 aromatic carbocycles. The van der Waals surface area contributed by atoms with E-state index in [4.69, 9.17) is 5.73 Å². The van der Waals surface area contributed by atoms with Gasteiger partial charge in [-0.2, -0.15) is 0 Å². The van der Waals surface area contributed by atoms with Crippen LogP contribution < -0.4 is 11.1 Å². The second-order valence-electron chi connectivity index (χ2n) is 5.40. The van der Waals surface area contributed by atoms with Gasteiger partial charge < -0.3 is 11.1 Å². The number of rotatable bonds is 3. The van der Waals surface area contributed by atoms with Gasteiger partial charge in [0.05, 0.1) is 12.1 Å². The SMILES string of the molecule is Cc1csc(C(C)NC(=O)[C@@H](N)C(C)(C)C)n1.Cl.Cl. The van der Waals surface area contributed by atoms with Gasteiger partial charge in [-0.15, -0.1) is 36.2 Å². The van der Waals surface area contributed by atoms with Gasteiger partial charge in [0.2, 0.25) is 5.91 Å². The molecule has 7 heteroatoms. The highest BCUT2D eigenvalue weighted by atomic mass is 35.5. The van der Waals surface area contributed by atoms with Gasteiger partial charge >= 0.3 is 0 Å². The van der Waals surface area contributed by atoms with Crippen LogP contribution in [-0.4, -0.2) is 16.9 Å². The number of thiazole rings is 1. The average Bonchev–Trinajstić information content (AvgIpc) is 2.62. The summed E-state index contributed by atoms with van der Waals surface area (Å²) >= 11 is 1.55. The predicted octanol–water partition coefficient (Wildman–Crippen LogP) is 2.85. The average molecular weight is 328 g/mol. The largest absolute Gasteiger partial charge is 0.346 e. The maximum atomic E-state index is 11.9. The van der Waals surface area contributed by atoms with E-state index in [1.807, 2.05) is 40.0 Å². The first-order valence-corrected chi connectivity index (χ1v) is 6.57. The summed E-state index contributed by atoms with van der Waals surface area (Å²) in [7, 11) is 0. The van der Waals surface area contributed by atoms with Crippen LogP contribution in [0.4, 0.5) is 0 Å². The fourth-order valence-electron chi connectivity index (χ4n) is 1.33. The number of nitrogens with two attached hydrogens (primary N) is 1. The molecule has 0 aliphatic heterocycles. The molecule has 0 spiro atoms. The summed E-state index contributed by atoms with van der Waals surface area (Å²) in [5.41, 5.74) is 6.64. The predicted molar refractivity (Wildman–Crippen MR) is 85.3 cm³/mol. The summed E-state index contributed by atoms with van der Waals surface area (Å²) in [4.78, 5) is 16.3. The number of hydrogen-bond donors (Lipinski definition) is 2. The van der Waals surface area contributed by atoms with Crippen LogP contribution >= 0.6 is 36.2 Å². The Morgan fingerprint density at radius 1 is 1.42 bits per heavy atom. The van der Waals surface area contributed by atoms with Gasteiger partial charge in [-0.25, -0.2) is 4.98 Å². The minimum atomic E-state index is -0.508. The smallest absolute Gasteiger partial charge is 0.238 e. The number of aryl methyl sites for hydroxylation is 1. The Morgan fingerprint density at radius 2 is 1.95 bits per heavy atom. The minimum Gasteiger partial charge on any atom is -0.346 e. The Balaban J connectivity index is 0. The van der Waals surface area contributed by atoms with Crippen molar-refractivity contribution in [2.75, 3.05) is 0 Å². The Hall–Kier alpha value is -0.360. The molecule has 0 saturated carbocycles. The van der Waals surface area contributed by atoms with E-state index in [0.29, 0.717) is 0 Å². The number of halogens is 2. The van der Waals surface area contributed by atoms with E-state index < -0.39 is 6.04 Å². The van der Waals surface area contributed by atoms with Gasteiger partial charge in [-0.3, -0.25) is 4.79 Å². The standard InChI is InChI=1S/C12H21N3OS.2ClH/c1-7-6-17-11(14-7)8(2)15-10(16)9(13)12(3,4)5;;/h6,8-9H,13H2,1-5H3,(H,15,16);2*1H/t8?,9-;;/m1../s1. The topological polar surface area (TPSA) is 68.0 Å². The van der Waals surface area contributed by atoms with Crippen molar-refractivity contribution in [3.05, 3.63) is 16.1 Å². The summed E-state index contributed by atoms with van der Waals surface area (Å²) in [6, 6.07) is -0.597. The quantitative estimate of drug-likeness (QED) is 0.896. The first kappa shape index (κ1) is 20.9. The van der Waals surface area contributed by atoms with Crippen molar-refractivity contribution in [2.45, 2.75) is 46.7 Å². The maximum absolute atomic E-state index is 11.9. The second kappa shape index (κ2) is 8.04. The van der Waals surface area contributed by atoms with Gasteiger partial charge in [-0.05, 0) is 19.3 Å². The third kappa shape index (κ3) is 6.08. The molecule has 2 atom stereocenters. The highest BCUT2D eigenvalue weighted by Crippen LogP contribution is 2.20. The molecule has 0 bridgehead atoms. The van der Waals surface area contributed by atoms with E-state index in [1.54, 1.807) is 11.3 Å². The second-order valence-corrected chi connectivity index (χ2v) is 6.29. The van der Waals surface area contributed by atoms with Crippen molar-refractivity contribution in [3.8, 4) is 0 Å². The number of hydrogen-bond acceptors (Lipinski definition) is 4. The van der Waals surface area contributed by atoms with Gasteiger partial charge in [0.15, 0.2) is 0 Å². The molecule has 1 heterocycles. The number of aromatic nitrogens is 1. The van der Waals surface area contributed by atoms with Crippen LogP contribution in [0.5, 0.6) is 0 Å². The summed E-state index contributed by atoms with van der Waals surface area (Å²) < 4.78 is 0. The molecular formula is C12H23Cl2N3OS. The Kier molecular flexibility index (Phi) is 8.87. The van der Waals surface area contributed by atoms with Crippen molar-refractivity contribution in [3.63, 3.8) is 0 Å². The monoisotopic (exact) mass is 327 g/mol. The number of carbonyl (C=O) groups excluding carboxylic acids is 1. The van der Waals surface area contributed by atoms with E-state index >= 15 is 0 Å². The third-order valence-corrected chi connectivity index (χ3v) is 3.73. The molecule has 1 aromatic rings. The van der Waals surface area contributed by atoms with Gasteiger partial charge in [0.25, 0.3) is 0 Å². The van der Waals surface area contributed by atoms with Crippen molar-refractivity contribution >= 4 is 42.1 Å². The Labute approximate surface area is 131 Å². The zero-order valence-corrected chi connectivity index (χ0v) is 14.3. The lowest BCUT2D eigenvalue weighted by Crippen LogP contribution is -2.49. The van der Waals surface area contributed by atoms with Crippen molar-refractivity contribution in [1.82, 2.24) is 10.3 Å². The number of amides is 1. The molecule has 0 aliphatic carbocycles. The van der Waals surface area contributed by atoms with E-state index in [9.17, 15) is 4.79 Å². The van der Waals surface area contributed by atoms with Crippen LogP contribution in [0.2, 0.25) is 0 Å². The van der Waals surface area contributed by atoms with Crippen molar-refractivity contribution in [2.24, 2.45) is 11.1 Å². The summed E-state index contributed by atoms with van der Waals surface area (Å²) in [6.45, 7) is 9.72. The van der Waals surface area contributed by atoms with Gasteiger partial charge in [-0.1, -0.05) is 20.8 Å². The van der Waals surface area contributed by atoms with Crippen LogP contribution in [0, 0.1) is 12.3 Å². The number of carbonyl (C=O) groups is 1. The Bertz CT molecular complexity index is 404. The van der Waals surface area contributed by atoms with Crippen LogP contribution in [0.15, 0.2) is 5.38 Å². The zero-order valence-electron chi connectivity index (χ0n) is 11.9. The van der Waals surface area contributed by atoms with Gasteiger partial charge in [0, 0.05) is 11.1 Å². The van der Waals surface area contributed by atoms with Crippen LogP contribution in [0.3, 0.4) is 0 Å². The molecular weight excluding hydrogens is 305 g/mol. The fraction of sp³-hybridized carbons (Fsp3) is 0.667. The fourth-order valence-corrected chi connectivity index (χ4v) is 2.13.